The van der Waals surface area contributed by atoms with E-state index >= 15 is 0 Å². The zero-order valence-electron chi connectivity index (χ0n) is 16.9. The number of carbonyl (C=O) groups excluding carboxylic acids is 2. The van der Waals surface area contributed by atoms with Crippen LogP contribution in [-0.2, 0) is 5.41 Å². The number of methoxy groups -OCH3 is 1. The molecule has 0 aliphatic heterocycles. The number of benzene rings is 2. The highest BCUT2D eigenvalue weighted by Gasteiger charge is 2.16. The molecule has 6 heteroatoms. The van der Waals surface area contributed by atoms with Gasteiger partial charge in [-0.25, -0.2) is 0 Å². The summed E-state index contributed by atoms with van der Waals surface area (Å²) in [5, 5.41) is 5.58. The van der Waals surface area contributed by atoms with Crippen LogP contribution in [0, 0.1) is 0 Å². The first kappa shape index (κ1) is 20.2. The van der Waals surface area contributed by atoms with Crippen molar-refractivity contribution in [2.45, 2.75) is 26.2 Å². The number of rotatable bonds is 5. The molecule has 0 aliphatic carbocycles. The number of nitrogens with one attached hydrogen (secondary N) is 2. The lowest BCUT2D eigenvalue weighted by Crippen LogP contribution is -2.15. The van der Waals surface area contributed by atoms with Gasteiger partial charge in [0.25, 0.3) is 11.8 Å². The van der Waals surface area contributed by atoms with E-state index in [9.17, 15) is 9.59 Å². The highest BCUT2D eigenvalue weighted by Crippen LogP contribution is 2.29. The number of furan rings is 1. The Labute approximate surface area is 169 Å². The van der Waals surface area contributed by atoms with Crippen molar-refractivity contribution < 1.29 is 18.7 Å². The van der Waals surface area contributed by atoms with Crippen molar-refractivity contribution in [3.63, 3.8) is 0 Å². The van der Waals surface area contributed by atoms with Crippen molar-refractivity contribution in [3.05, 3.63) is 77.7 Å². The Morgan fingerprint density at radius 3 is 2.24 bits per heavy atom. The number of ether oxygens (including phenoxy) is 1. The van der Waals surface area contributed by atoms with Gasteiger partial charge in [-0.1, -0.05) is 32.9 Å². The highest BCUT2D eigenvalue weighted by molar-refractivity contribution is 6.06. The van der Waals surface area contributed by atoms with Gasteiger partial charge in [0, 0.05) is 11.3 Å². The Hall–Kier alpha value is -3.54. The van der Waals surface area contributed by atoms with Crippen molar-refractivity contribution in [3.8, 4) is 5.75 Å². The summed E-state index contributed by atoms with van der Waals surface area (Å²) in [4.78, 5) is 24.9. The summed E-state index contributed by atoms with van der Waals surface area (Å²) >= 11 is 0. The number of hydrogen-bond donors (Lipinski definition) is 2. The van der Waals surface area contributed by atoms with Crippen LogP contribution in [0.5, 0.6) is 5.75 Å². The van der Waals surface area contributed by atoms with Crippen LogP contribution in [0.4, 0.5) is 11.4 Å². The van der Waals surface area contributed by atoms with Gasteiger partial charge in [0.1, 0.15) is 5.75 Å². The Morgan fingerprint density at radius 1 is 0.931 bits per heavy atom. The van der Waals surface area contributed by atoms with Crippen LogP contribution in [-0.4, -0.2) is 18.9 Å². The van der Waals surface area contributed by atoms with Crippen molar-refractivity contribution in [2.24, 2.45) is 0 Å². The van der Waals surface area contributed by atoms with E-state index < -0.39 is 0 Å². The highest BCUT2D eigenvalue weighted by atomic mass is 16.5. The molecule has 29 heavy (non-hydrogen) atoms. The van der Waals surface area contributed by atoms with Gasteiger partial charge in [-0.05, 0) is 53.4 Å². The largest absolute Gasteiger partial charge is 0.495 e. The second kappa shape index (κ2) is 8.22. The molecule has 0 bridgehead atoms. The fourth-order valence-corrected chi connectivity index (χ4v) is 2.80. The maximum atomic E-state index is 12.7. The average Bonchev–Trinajstić information content (AvgIpc) is 3.23. The second-order valence-corrected chi connectivity index (χ2v) is 7.63. The van der Waals surface area contributed by atoms with Crippen LogP contribution in [0.15, 0.2) is 65.3 Å². The lowest BCUT2D eigenvalue weighted by molar-refractivity contribution is 0.0995. The number of hydrogen-bond acceptors (Lipinski definition) is 4. The Kier molecular flexibility index (Phi) is 5.73. The SMILES string of the molecule is COc1ccc(NC(=O)c2ccco2)cc1NC(=O)c1ccc(C(C)(C)C)cc1. The zero-order chi connectivity index (χ0) is 21.0. The maximum Gasteiger partial charge on any atom is 0.291 e. The molecule has 1 heterocycles. The molecular formula is C23H24N2O4. The van der Waals surface area contributed by atoms with Crippen LogP contribution in [0.1, 0.15) is 47.2 Å². The van der Waals surface area contributed by atoms with Crippen LogP contribution in [0.3, 0.4) is 0 Å². The van der Waals surface area contributed by atoms with E-state index in [1.807, 2.05) is 12.1 Å². The molecule has 150 valence electrons. The Balaban J connectivity index is 1.78. The minimum Gasteiger partial charge on any atom is -0.495 e. The molecule has 3 rings (SSSR count). The first-order valence-corrected chi connectivity index (χ1v) is 9.23. The molecule has 0 fully saturated rings. The zero-order valence-corrected chi connectivity index (χ0v) is 16.9. The van der Waals surface area contributed by atoms with Crippen molar-refractivity contribution in [1.29, 1.82) is 0 Å². The summed E-state index contributed by atoms with van der Waals surface area (Å²) in [7, 11) is 1.52. The van der Waals surface area contributed by atoms with Gasteiger partial charge in [0.2, 0.25) is 0 Å². The first-order chi connectivity index (χ1) is 13.8. The normalized spacial score (nSPS) is 11.0. The molecule has 0 aliphatic rings. The molecule has 0 saturated heterocycles. The van der Waals surface area contributed by atoms with Gasteiger partial charge in [-0.3, -0.25) is 9.59 Å². The molecule has 1 aromatic heterocycles. The third-order valence-electron chi connectivity index (χ3n) is 4.46. The number of amides is 2. The molecule has 2 amide bonds. The summed E-state index contributed by atoms with van der Waals surface area (Å²) in [5.74, 6) is 0.0412. The monoisotopic (exact) mass is 392 g/mol. The Bertz CT molecular complexity index is 1000. The minimum atomic E-state index is -0.379. The lowest BCUT2D eigenvalue weighted by atomic mass is 9.87. The van der Waals surface area contributed by atoms with E-state index in [4.69, 9.17) is 9.15 Å². The number of carbonyl (C=O) groups is 2. The predicted octanol–water partition coefficient (Wildman–Crippen LogP) is 5.09. The standard InChI is InChI=1S/C23H24N2O4/c1-23(2,3)16-9-7-15(8-10-16)21(26)25-18-14-17(11-12-19(18)28-4)24-22(27)20-6-5-13-29-20/h5-14H,1-4H3,(H,24,27)(H,25,26). The van der Waals surface area contributed by atoms with Gasteiger partial charge in [0.15, 0.2) is 5.76 Å². The molecule has 2 aromatic carbocycles. The molecule has 2 N–H and O–H groups in total. The Morgan fingerprint density at radius 2 is 1.66 bits per heavy atom. The number of anilines is 2. The minimum absolute atomic E-state index is 0.0127. The van der Waals surface area contributed by atoms with Gasteiger partial charge in [-0.2, -0.15) is 0 Å². The van der Waals surface area contributed by atoms with Crippen molar-refractivity contribution in [2.75, 3.05) is 17.7 Å². The summed E-state index contributed by atoms with van der Waals surface area (Å²) in [6.07, 6.45) is 1.43. The quantitative estimate of drug-likeness (QED) is 0.634. The molecule has 0 saturated carbocycles. The lowest BCUT2D eigenvalue weighted by Gasteiger charge is -2.19. The van der Waals surface area contributed by atoms with Gasteiger partial charge >= 0.3 is 0 Å². The van der Waals surface area contributed by atoms with Crippen molar-refractivity contribution in [1.82, 2.24) is 0 Å². The molecule has 0 radical (unpaired) electrons. The van der Waals surface area contributed by atoms with E-state index in [-0.39, 0.29) is 23.0 Å². The first-order valence-electron chi connectivity index (χ1n) is 9.23. The molecular weight excluding hydrogens is 368 g/mol. The molecule has 3 aromatic rings. The molecule has 0 unspecified atom stereocenters. The van der Waals surface area contributed by atoms with Crippen LogP contribution in [0.25, 0.3) is 0 Å². The topological polar surface area (TPSA) is 80.6 Å². The maximum absolute atomic E-state index is 12.7. The van der Waals surface area contributed by atoms with Crippen LogP contribution < -0.4 is 15.4 Å². The fraction of sp³-hybridized carbons (Fsp3) is 0.217. The second-order valence-electron chi connectivity index (χ2n) is 7.63. The van der Waals surface area contributed by atoms with Gasteiger partial charge in [0.05, 0.1) is 19.1 Å². The molecule has 0 atom stereocenters. The third kappa shape index (κ3) is 4.85. The summed E-state index contributed by atoms with van der Waals surface area (Å²) < 4.78 is 10.4. The summed E-state index contributed by atoms with van der Waals surface area (Å²) in [5.41, 5.74) is 2.65. The van der Waals surface area contributed by atoms with E-state index in [1.165, 1.54) is 13.4 Å². The van der Waals surface area contributed by atoms with Gasteiger partial charge in [-0.15, -0.1) is 0 Å². The fourth-order valence-electron chi connectivity index (χ4n) is 2.80. The van der Waals surface area contributed by atoms with E-state index in [0.717, 1.165) is 5.56 Å². The van der Waals surface area contributed by atoms with E-state index in [2.05, 4.69) is 31.4 Å². The van der Waals surface area contributed by atoms with Crippen molar-refractivity contribution >= 4 is 23.2 Å². The van der Waals surface area contributed by atoms with E-state index in [1.54, 1.807) is 42.5 Å². The third-order valence-corrected chi connectivity index (χ3v) is 4.46. The van der Waals surface area contributed by atoms with Gasteiger partial charge < -0.3 is 19.8 Å². The van der Waals surface area contributed by atoms with Crippen LogP contribution >= 0.6 is 0 Å². The summed E-state index contributed by atoms with van der Waals surface area (Å²) in [6.45, 7) is 6.36. The predicted molar refractivity (Wildman–Crippen MR) is 113 cm³/mol. The summed E-state index contributed by atoms with van der Waals surface area (Å²) in [6, 6.07) is 15.7. The molecule has 6 nitrogen and oxygen atoms in total. The van der Waals surface area contributed by atoms with E-state index in [0.29, 0.717) is 22.7 Å². The smallest absolute Gasteiger partial charge is 0.291 e. The average molecular weight is 392 g/mol. The molecule has 0 spiro atoms. The van der Waals surface area contributed by atoms with Crippen LogP contribution in [0.2, 0.25) is 0 Å².